The molecule has 2 aliphatic heterocycles. The van der Waals surface area contributed by atoms with E-state index in [9.17, 15) is 13.2 Å². The zero-order chi connectivity index (χ0) is 18.7. The summed E-state index contributed by atoms with van der Waals surface area (Å²) in [5, 5.41) is 0.133. The molecule has 1 N–H and O–H groups in total. The number of carbonyl (C=O) groups excluding carboxylic acids is 1. The summed E-state index contributed by atoms with van der Waals surface area (Å²) in [6, 6.07) is 4.51. The number of halogens is 1. The Morgan fingerprint density at radius 3 is 2.46 bits per heavy atom. The van der Waals surface area contributed by atoms with Gasteiger partial charge in [-0.25, -0.2) is 8.42 Å². The predicted octanol–water partition coefficient (Wildman–Crippen LogP) is -0.278. The zero-order valence-electron chi connectivity index (χ0n) is 14.9. The molecule has 0 unspecified atom stereocenters. The molecule has 2 saturated heterocycles. The van der Waals surface area contributed by atoms with Crippen LogP contribution in [0.5, 0.6) is 0 Å². The lowest BCUT2D eigenvalue weighted by Gasteiger charge is -2.32. The van der Waals surface area contributed by atoms with Gasteiger partial charge < -0.3 is 14.5 Å². The molecule has 0 radical (unpaired) electrons. The predicted molar refractivity (Wildman–Crippen MR) is 98.2 cm³/mol. The van der Waals surface area contributed by atoms with Crippen LogP contribution < -0.4 is 4.90 Å². The number of morpholine rings is 1. The maximum atomic E-state index is 12.9. The number of piperazine rings is 1. The number of hydrogen-bond acceptors (Lipinski definition) is 4. The molecule has 0 atom stereocenters. The number of sulfonamides is 1. The molecule has 144 valence electrons. The van der Waals surface area contributed by atoms with Gasteiger partial charge in [0.2, 0.25) is 10.0 Å². The highest BCUT2D eigenvalue weighted by atomic mass is 35.5. The van der Waals surface area contributed by atoms with Gasteiger partial charge in [-0.2, -0.15) is 4.31 Å². The number of nitrogens with zero attached hydrogens (tertiary/aromatic N) is 2. The van der Waals surface area contributed by atoms with Crippen molar-refractivity contribution in [2.24, 2.45) is 0 Å². The summed E-state index contributed by atoms with van der Waals surface area (Å²) in [5.74, 6) is -0.143. The van der Waals surface area contributed by atoms with E-state index in [4.69, 9.17) is 16.3 Å². The van der Waals surface area contributed by atoms with E-state index in [0.29, 0.717) is 45.0 Å². The van der Waals surface area contributed by atoms with Crippen LogP contribution in [0.25, 0.3) is 0 Å². The van der Waals surface area contributed by atoms with Crippen molar-refractivity contribution in [3.05, 3.63) is 28.8 Å². The Morgan fingerprint density at radius 2 is 1.85 bits per heavy atom. The van der Waals surface area contributed by atoms with E-state index in [1.165, 1.54) is 21.3 Å². The van der Waals surface area contributed by atoms with Gasteiger partial charge in [-0.1, -0.05) is 11.6 Å². The molecular formula is C17H25ClN3O4S+. The molecular weight excluding hydrogens is 378 g/mol. The number of hydrogen-bond donors (Lipinski definition) is 1. The number of nitrogens with one attached hydrogen (secondary N) is 1. The Morgan fingerprint density at radius 1 is 1.19 bits per heavy atom. The third-order valence-electron chi connectivity index (χ3n) is 5.02. The van der Waals surface area contributed by atoms with Crippen LogP contribution >= 0.6 is 11.6 Å². The van der Waals surface area contributed by atoms with Gasteiger partial charge in [0.25, 0.3) is 5.91 Å². The molecule has 3 rings (SSSR count). The van der Waals surface area contributed by atoms with Crippen molar-refractivity contribution in [2.45, 2.75) is 11.8 Å². The lowest BCUT2D eigenvalue weighted by molar-refractivity contribution is -0.902. The molecule has 9 heteroatoms. The minimum Gasteiger partial charge on any atom is -0.379 e. The van der Waals surface area contributed by atoms with E-state index in [0.717, 1.165) is 19.6 Å². The largest absolute Gasteiger partial charge is 0.379 e. The van der Waals surface area contributed by atoms with Crippen molar-refractivity contribution in [1.29, 1.82) is 0 Å². The van der Waals surface area contributed by atoms with Gasteiger partial charge in [0.05, 0.1) is 51.0 Å². The van der Waals surface area contributed by atoms with Crippen LogP contribution in [0.3, 0.4) is 0 Å². The highest BCUT2D eigenvalue weighted by molar-refractivity contribution is 7.89. The summed E-state index contributed by atoms with van der Waals surface area (Å²) < 4.78 is 32.4. The summed E-state index contributed by atoms with van der Waals surface area (Å²) >= 11 is 6.16. The lowest BCUT2D eigenvalue weighted by atomic mass is 10.2. The van der Waals surface area contributed by atoms with Crippen molar-refractivity contribution >= 4 is 27.5 Å². The summed E-state index contributed by atoms with van der Waals surface area (Å²) in [5.41, 5.74) is 0.362. The third kappa shape index (κ3) is 4.04. The van der Waals surface area contributed by atoms with Crippen molar-refractivity contribution < 1.29 is 22.8 Å². The van der Waals surface area contributed by atoms with Gasteiger partial charge in [-0.15, -0.1) is 0 Å². The van der Waals surface area contributed by atoms with Crippen LogP contribution in [0.2, 0.25) is 5.02 Å². The third-order valence-corrected chi connectivity index (χ3v) is 7.40. The standard InChI is InChI=1S/C17H24ClN3O4S/c1-2-19-5-7-20(8-6-19)17(22)14-3-4-15(18)16(13-14)26(23,24)21-9-11-25-12-10-21/h3-4,13H,2,5-12H2,1H3/p+1. The average molecular weight is 403 g/mol. The Bertz CT molecular complexity index is 757. The van der Waals surface area contributed by atoms with Crippen molar-refractivity contribution in [2.75, 3.05) is 59.0 Å². The van der Waals surface area contributed by atoms with Crippen LogP contribution in [0, 0.1) is 0 Å². The highest BCUT2D eigenvalue weighted by Gasteiger charge is 2.30. The molecule has 1 aromatic carbocycles. The van der Waals surface area contributed by atoms with E-state index in [1.54, 1.807) is 11.0 Å². The van der Waals surface area contributed by atoms with Crippen molar-refractivity contribution in [1.82, 2.24) is 9.21 Å². The van der Waals surface area contributed by atoms with Gasteiger partial charge in [-0.3, -0.25) is 4.79 Å². The molecule has 2 heterocycles. The molecule has 0 aliphatic carbocycles. The molecule has 1 aromatic rings. The smallest absolute Gasteiger partial charge is 0.254 e. The fourth-order valence-corrected chi connectivity index (χ4v) is 5.23. The lowest BCUT2D eigenvalue weighted by Crippen LogP contribution is -3.14. The van der Waals surface area contributed by atoms with E-state index in [1.807, 2.05) is 0 Å². The first-order chi connectivity index (χ1) is 12.4. The number of amides is 1. The van der Waals surface area contributed by atoms with Gasteiger partial charge in [0.15, 0.2) is 0 Å². The van der Waals surface area contributed by atoms with E-state index in [-0.39, 0.29) is 15.8 Å². The van der Waals surface area contributed by atoms with Crippen molar-refractivity contribution in [3.8, 4) is 0 Å². The summed E-state index contributed by atoms with van der Waals surface area (Å²) in [4.78, 5) is 16.1. The Kier molecular flexibility index (Phi) is 6.19. The number of carbonyl (C=O) groups is 1. The first-order valence-electron chi connectivity index (χ1n) is 8.93. The minimum absolute atomic E-state index is 0.00950. The zero-order valence-corrected chi connectivity index (χ0v) is 16.5. The summed E-state index contributed by atoms with van der Waals surface area (Å²) in [6.07, 6.45) is 0. The monoisotopic (exact) mass is 402 g/mol. The molecule has 2 fully saturated rings. The Balaban J connectivity index is 1.82. The number of benzene rings is 1. The Hall–Kier alpha value is -1.19. The Labute approximate surface area is 159 Å². The molecule has 2 aliphatic rings. The SMILES string of the molecule is CC[NH+]1CCN(C(=O)c2ccc(Cl)c(S(=O)(=O)N3CCOCC3)c2)CC1. The maximum absolute atomic E-state index is 12.9. The van der Waals surface area contributed by atoms with Crippen LogP contribution in [0.4, 0.5) is 0 Å². The van der Waals surface area contributed by atoms with Crippen LogP contribution in [0.15, 0.2) is 23.1 Å². The fourth-order valence-electron chi connectivity index (χ4n) is 3.32. The quantitative estimate of drug-likeness (QED) is 0.752. The normalized spacial score (nSPS) is 20.3. The first kappa shape index (κ1) is 19.6. The van der Waals surface area contributed by atoms with Crippen LogP contribution in [-0.4, -0.2) is 82.6 Å². The van der Waals surface area contributed by atoms with E-state index >= 15 is 0 Å². The summed E-state index contributed by atoms with van der Waals surface area (Å²) in [6.45, 7) is 7.66. The molecule has 0 spiro atoms. The van der Waals surface area contributed by atoms with E-state index < -0.39 is 10.0 Å². The maximum Gasteiger partial charge on any atom is 0.254 e. The average Bonchev–Trinajstić information content (AvgIpc) is 2.68. The first-order valence-corrected chi connectivity index (χ1v) is 10.8. The number of likely N-dealkylation sites (N-methyl/N-ethyl adjacent to an activating group) is 1. The van der Waals surface area contributed by atoms with Crippen LogP contribution in [0.1, 0.15) is 17.3 Å². The van der Waals surface area contributed by atoms with E-state index in [2.05, 4.69) is 6.92 Å². The number of rotatable bonds is 4. The molecule has 0 bridgehead atoms. The second-order valence-electron chi connectivity index (χ2n) is 6.56. The number of quaternary nitrogens is 1. The highest BCUT2D eigenvalue weighted by Crippen LogP contribution is 2.27. The second kappa shape index (κ2) is 8.22. The molecule has 26 heavy (non-hydrogen) atoms. The molecule has 7 nitrogen and oxygen atoms in total. The number of ether oxygens (including phenoxy) is 1. The topological polar surface area (TPSA) is 71.4 Å². The molecule has 1 amide bonds. The second-order valence-corrected chi connectivity index (χ2v) is 8.87. The van der Waals surface area contributed by atoms with Crippen LogP contribution in [-0.2, 0) is 14.8 Å². The summed E-state index contributed by atoms with van der Waals surface area (Å²) in [7, 11) is -3.75. The minimum atomic E-state index is -3.75. The van der Waals surface area contributed by atoms with Gasteiger partial charge in [0.1, 0.15) is 4.90 Å². The van der Waals surface area contributed by atoms with Gasteiger partial charge in [-0.05, 0) is 25.1 Å². The molecule has 0 saturated carbocycles. The van der Waals surface area contributed by atoms with Gasteiger partial charge >= 0.3 is 0 Å². The molecule has 0 aromatic heterocycles. The van der Waals surface area contributed by atoms with Crippen molar-refractivity contribution in [3.63, 3.8) is 0 Å². The van der Waals surface area contributed by atoms with Gasteiger partial charge in [0, 0.05) is 18.7 Å². The fraction of sp³-hybridized carbons (Fsp3) is 0.588.